The van der Waals surface area contributed by atoms with Gasteiger partial charge in [0.15, 0.2) is 0 Å². The van der Waals surface area contributed by atoms with E-state index < -0.39 is 500 Å². The molecule has 0 unspecified atom stereocenters. The van der Waals surface area contributed by atoms with Gasteiger partial charge in [0, 0.05) is 21.5 Å². The minimum Gasteiger partial charge on any atom is -0.456 e. The van der Waals surface area contributed by atoms with Crippen molar-refractivity contribution in [1.82, 2.24) is 0 Å². The third kappa shape index (κ3) is 7.69. The van der Waals surface area contributed by atoms with Crippen molar-refractivity contribution >= 4 is 130 Å². The Balaban J connectivity index is 0.000000187. The summed E-state index contributed by atoms with van der Waals surface area (Å²) in [6.07, 6.45) is 0. The molecule has 0 atom stereocenters. The average Bonchev–Trinajstić information content (AvgIpc) is 1.15. The van der Waals surface area contributed by atoms with Gasteiger partial charge in [-0.05, 0) is 172 Å². The molecule has 0 saturated carbocycles. The number of benzene rings is 17. The van der Waals surface area contributed by atoms with Crippen LogP contribution in [0.1, 0.15) is 71.3 Å². The Hall–Kier alpha value is -11.6. The first kappa shape index (κ1) is 20.6. The van der Waals surface area contributed by atoms with Crippen LogP contribution >= 0.6 is 0 Å². The van der Waals surface area contributed by atoms with Gasteiger partial charge in [-0.15, -0.1) is 0 Å². The van der Waals surface area contributed by atoms with Crippen molar-refractivity contribution < 1.29 is 80.1 Å². The molecule has 0 amide bonds. The van der Waals surface area contributed by atoms with E-state index in [0.29, 0.717) is 0 Å². The van der Waals surface area contributed by atoms with Crippen LogP contribution in [-0.4, -0.2) is 0 Å². The SMILES string of the molecule is [2H]c1c([2H])c(-c2c3c([2H])c([2H])c([2H])c([2H])c3c(-c3c([2H])c([2H])c([2H])c4oc5c([2H])c([2H])c([2H])c([2H])c5c34)c3c([2H])c([2H])c([2H])c([2H])c23)c([2H])c(-c2c([2H])c([2H])c([2H])c3c([2H])c([2H])c4c([2H])c([2H])c([2H])c([2H])c4c23)c1[2H].[2H]c1c([2H])c([2H])c2c(oc3c([2H])c([2H])c([2H])c(-c4c5c([2H])c([2H])c([2H])c([2H])c5c(-c5c([2H])c([2H])c([2H])c6c([2H])c([2H])c7c([2H])c([2H])c([2H])c([2H])c7c56)c5c([2H])c([2H])c([2H])c([2H])c45)c32)c1[2H]. The minimum absolute atomic E-state index is 0.450. The highest BCUT2D eigenvalue weighted by atomic mass is 16.3. The van der Waals surface area contributed by atoms with Crippen LogP contribution in [0.5, 0.6) is 0 Å². The quantitative estimate of drug-likeness (QED) is 0.127. The van der Waals surface area contributed by atoms with Crippen LogP contribution in [0, 0.1) is 0 Å². The summed E-state index contributed by atoms with van der Waals surface area (Å²) in [5.41, 5.74) is -9.73. The molecule has 0 saturated heterocycles. The summed E-state index contributed by atoms with van der Waals surface area (Å²) in [5, 5.41) is -12.5. The maximum absolute atomic E-state index is 10.0. The number of hydrogen-bond acceptors (Lipinski definition) is 2. The monoisotopic (exact) mass is 1170 g/mol. The number of rotatable bonds is 5. The van der Waals surface area contributed by atoms with Crippen LogP contribution in [0.2, 0.25) is 0 Å². The smallest absolute Gasteiger partial charge is 0.136 e. The van der Waals surface area contributed by atoms with Gasteiger partial charge in [-0.2, -0.15) is 0 Å². The van der Waals surface area contributed by atoms with E-state index in [4.69, 9.17) is 58.2 Å². The topological polar surface area (TPSA) is 26.3 Å². The Morgan fingerprint density at radius 3 is 0.909 bits per heavy atom. The second-order valence-electron chi connectivity index (χ2n) is 19.3. The lowest BCUT2D eigenvalue weighted by molar-refractivity contribution is 0.668. The highest BCUT2D eigenvalue weighted by molar-refractivity contribution is 6.30. The van der Waals surface area contributed by atoms with Gasteiger partial charge in [-0.1, -0.05) is 284 Å². The van der Waals surface area contributed by atoms with Gasteiger partial charge in [0.25, 0.3) is 0 Å². The molecule has 19 aromatic rings. The lowest BCUT2D eigenvalue weighted by Gasteiger charge is -2.19. The maximum Gasteiger partial charge on any atom is 0.136 e. The zero-order chi connectivity index (χ0) is 103. The molecule has 408 valence electrons. The van der Waals surface area contributed by atoms with E-state index in [1.165, 1.54) is 0 Å². The molecule has 0 aliphatic carbocycles. The Morgan fingerprint density at radius 1 is 0.182 bits per heavy atom. The lowest BCUT2D eigenvalue weighted by atomic mass is 9.83. The van der Waals surface area contributed by atoms with Crippen LogP contribution in [0.3, 0.4) is 0 Å². The third-order valence-corrected chi connectivity index (χ3v) is 14.8. The van der Waals surface area contributed by atoms with Crippen molar-refractivity contribution in [2.75, 3.05) is 0 Å². The number of hydrogen-bond donors (Lipinski definition) is 0. The van der Waals surface area contributed by atoms with Gasteiger partial charge < -0.3 is 8.83 Å². The molecule has 2 heteroatoms. The van der Waals surface area contributed by atoms with Crippen molar-refractivity contribution in [2.45, 2.75) is 0 Å². The number of para-hydroxylation sites is 2. The number of fused-ring (bicyclic) bond motifs is 16. The molecular weight excluding hydrogens is 1060 g/mol. The summed E-state index contributed by atoms with van der Waals surface area (Å²) in [6.45, 7) is 0. The van der Waals surface area contributed by atoms with Crippen molar-refractivity contribution in [2.24, 2.45) is 0 Å². The van der Waals surface area contributed by atoms with E-state index in [1.807, 2.05) is 0 Å². The van der Waals surface area contributed by atoms with Crippen LogP contribution in [0.4, 0.5) is 0 Å². The molecule has 2 nitrogen and oxygen atoms in total. The second-order valence-corrected chi connectivity index (χ2v) is 19.3. The Morgan fingerprint density at radius 2 is 0.466 bits per heavy atom. The van der Waals surface area contributed by atoms with Crippen molar-refractivity contribution in [3.8, 4) is 55.6 Å². The first-order chi connectivity index (χ1) is 65.3. The lowest BCUT2D eigenvalue weighted by Crippen LogP contribution is -1.92. The van der Waals surface area contributed by atoms with E-state index in [9.17, 15) is 21.9 Å². The fraction of sp³-hybridized carbons (Fsp3) is 0. The summed E-state index contributed by atoms with van der Waals surface area (Å²) >= 11 is 0. The summed E-state index contributed by atoms with van der Waals surface area (Å²) in [7, 11) is 0. The molecule has 0 bridgehead atoms. The van der Waals surface area contributed by atoms with Crippen molar-refractivity contribution in [3.63, 3.8) is 0 Å². The normalized spacial score (nSPS) is 20.1. The highest BCUT2D eigenvalue weighted by Crippen LogP contribution is 2.51. The van der Waals surface area contributed by atoms with Gasteiger partial charge in [0.2, 0.25) is 0 Å². The number of furan rings is 2. The van der Waals surface area contributed by atoms with E-state index in [1.54, 1.807) is 0 Å². The molecule has 0 spiro atoms. The van der Waals surface area contributed by atoms with Gasteiger partial charge >= 0.3 is 0 Å². The predicted octanol–water partition coefficient (Wildman–Crippen LogP) is 24.7. The molecule has 17 aromatic carbocycles. The standard InChI is InChI=1S/C46H28O.C40H24O/c1-2-16-33-29(12-1)26-27-30-13-10-22-34(43(30)33)31-14-9-15-32(28-31)44-35-17-3-5-19-37(35)45(38-20-6-4-18-36(38)44)40-23-11-25-42-46(40)39-21-7-8-24-41(39)47-42;1-2-13-27-25(11-1)23-24-26-12-9-19-33(37(26)27)38-28-14-3-5-16-30(28)39(31-17-6-4-15-29(31)38)34-20-10-22-36-40(34)32-18-7-8-21-35(32)41-36/h1-28H;1-24H/i1D,2D,3D,4D,5D,6D,7D,8D,9D,10D,11D,12D,13D,14D,15D,16D,17D,18D,19D,20D,21D,22D,23D,24D,25D,26D,27D,28D;1D,2D,3D,4D,5D,6D,7D,8D,9D,10D,11D,12D,13D,14D,15D,16D,17D,18D,19D,20D,21D,22D,23D,24D. The zero-order valence-electron chi connectivity index (χ0n) is 95.8. The van der Waals surface area contributed by atoms with Crippen molar-refractivity contribution in [1.29, 1.82) is 0 Å². The average molecular weight is 1170 g/mol. The van der Waals surface area contributed by atoms with Crippen LogP contribution in [0.15, 0.2) is 323 Å². The van der Waals surface area contributed by atoms with E-state index in [-0.39, 0.29) is 0 Å². The fourth-order valence-corrected chi connectivity index (χ4v) is 11.3. The fourth-order valence-electron chi connectivity index (χ4n) is 11.3. The third-order valence-electron chi connectivity index (χ3n) is 14.8. The maximum atomic E-state index is 10.0. The molecule has 0 N–H and O–H groups in total. The van der Waals surface area contributed by atoms with Gasteiger partial charge in [-0.3, -0.25) is 0 Å². The Labute approximate surface area is 580 Å². The Kier molecular flexibility index (Phi) is 4.68. The molecule has 88 heavy (non-hydrogen) atoms. The first-order valence-electron chi connectivity index (χ1n) is 52.1. The zero-order valence-corrected chi connectivity index (χ0v) is 43.8. The Bertz CT molecular complexity index is 9150. The molecular formula is C86H52O2. The van der Waals surface area contributed by atoms with Gasteiger partial charge in [0.1, 0.15) is 22.3 Å². The van der Waals surface area contributed by atoms with Gasteiger partial charge in [0.05, 0.1) is 71.3 Å². The minimum atomic E-state index is -1.12. The summed E-state index contributed by atoms with van der Waals surface area (Å²) in [6, 6.07) is -47.5. The summed E-state index contributed by atoms with van der Waals surface area (Å²) in [5.74, 6) is 0. The molecule has 0 aliphatic heterocycles. The van der Waals surface area contributed by atoms with Crippen LogP contribution < -0.4 is 0 Å². The first-order valence-corrected chi connectivity index (χ1v) is 26.1. The summed E-state index contributed by atoms with van der Waals surface area (Å²) < 4.78 is 480. The van der Waals surface area contributed by atoms with Crippen LogP contribution in [-0.2, 0) is 0 Å². The van der Waals surface area contributed by atoms with E-state index in [0.717, 1.165) is 0 Å². The second kappa shape index (κ2) is 20.0. The highest BCUT2D eigenvalue weighted by Gasteiger charge is 2.24. The largest absolute Gasteiger partial charge is 0.456 e. The summed E-state index contributed by atoms with van der Waals surface area (Å²) in [4.78, 5) is 0. The molecule has 19 rings (SSSR count). The van der Waals surface area contributed by atoms with Crippen LogP contribution in [0.25, 0.3) is 186 Å². The predicted molar refractivity (Wildman–Crippen MR) is 375 cm³/mol. The molecule has 0 fully saturated rings. The van der Waals surface area contributed by atoms with Gasteiger partial charge in [-0.25, -0.2) is 0 Å². The van der Waals surface area contributed by atoms with Crippen molar-refractivity contribution in [3.05, 3.63) is 314 Å². The van der Waals surface area contributed by atoms with E-state index in [2.05, 4.69) is 0 Å². The molecule has 0 radical (unpaired) electrons. The molecule has 2 aromatic heterocycles. The molecule has 0 aliphatic rings. The molecule has 2 heterocycles. The van der Waals surface area contributed by atoms with E-state index >= 15 is 0 Å².